The average Bonchev–Trinajstić information content (AvgIpc) is 3.15. The molecule has 2 aliphatic rings. The first-order valence-electron chi connectivity index (χ1n) is 11.6. The van der Waals surface area contributed by atoms with Gasteiger partial charge in [-0.15, -0.1) is 0 Å². The van der Waals surface area contributed by atoms with Crippen LogP contribution in [-0.4, -0.2) is 56.7 Å². The summed E-state index contributed by atoms with van der Waals surface area (Å²) in [4.78, 5) is 15.1. The average molecular weight is 571 g/mol. The smallest absolute Gasteiger partial charge is 0.430 e. The molecule has 0 spiro atoms. The van der Waals surface area contributed by atoms with Gasteiger partial charge >= 0.3 is 18.5 Å². The molecular weight excluding hydrogens is 549 g/mol. The molecule has 0 saturated carbocycles. The second kappa shape index (κ2) is 9.88. The SMILES string of the molecule is COc1cc2c(cc1N1CCOCC1)CC(Cc1cc(C(F)(F)F)cc(C(O)(C(F)(F)F)C(F)(F)F)c1)C2=O. The fourth-order valence-corrected chi connectivity index (χ4v) is 4.92. The molecule has 39 heavy (non-hydrogen) atoms. The Kier molecular flexibility index (Phi) is 7.34. The van der Waals surface area contributed by atoms with Gasteiger partial charge in [-0.1, -0.05) is 6.07 Å². The first-order chi connectivity index (χ1) is 18.0. The molecule has 1 aliphatic carbocycles. The number of anilines is 1. The zero-order valence-corrected chi connectivity index (χ0v) is 20.2. The summed E-state index contributed by atoms with van der Waals surface area (Å²) in [6, 6.07) is 3.36. The van der Waals surface area contributed by atoms with Crippen molar-refractivity contribution < 1.29 is 58.9 Å². The molecule has 4 rings (SSSR count). The van der Waals surface area contributed by atoms with E-state index in [2.05, 4.69) is 0 Å². The van der Waals surface area contributed by atoms with Crippen molar-refractivity contribution in [1.82, 2.24) is 0 Å². The number of hydrogen-bond donors (Lipinski definition) is 1. The lowest BCUT2D eigenvalue weighted by atomic mass is 9.86. The number of nitrogens with zero attached hydrogens (tertiary/aromatic N) is 1. The third-order valence-corrected chi connectivity index (χ3v) is 6.90. The molecule has 1 unspecified atom stereocenters. The summed E-state index contributed by atoms with van der Waals surface area (Å²) in [5, 5.41) is 9.73. The molecule has 0 bridgehead atoms. The maximum absolute atomic E-state index is 13.5. The Morgan fingerprint density at radius 1 is 0.923 bits per heavy atom. The van der Waals surface area contributed by atoms with Crippen molar-refractivity contribution in [1.29, 1.82) is 0 Å². The Balaban J connectivity index is 1.72. The number of benzene rings is 2. The number of alkyl halides is 9. The number of halogens is 9. The van der Waals surface area contributed by atoms with E-state index in [1.165, 1.54) is 13.2 Å². The van der Waals surface area contributed by atoms with E-state index in [0.29, 0.717) is 49.4 Å². The summed E-state index contributed by atoms with van der Waals surface area (Å²) >= 11 is 0. The lowest BCUT2D eigenvalue weighted by Gasteiger charge is -2.33. The summed E-state index contributed by atoms with van der Waals surface area (Å²) in [6.45, 7) is 1.95. The van der Waals surface area contributed by atoms with Crippen LogP contribution in [0, 0.1) is 5.92 Å². The quantitative estimate of drug-likeness (QED) is 0.484. The minimum absolute atomic E-state index is 0.0100. The highest BCUT2D eigenvalue weighted by molar-refractivity contribution is 6.03. The highest BCUT2D eigenvalue weighted by Crippen LogP contribution is 2.51. The third kappa shape index (κ3) is 5.28. The topological polar surface area (TPSA) is 59.0 Å². The number of morpholine rings is 1. The van der Waals surface area contributed by atoms with Gasteiger partial charge in [-0.3, -0.25) is 4.79 Å². The van der Waals surface area contributed by atoms with E-state index in [1.807, 2.05) is 4.90 Å². The Morgan fingerprint density at radius 2 is 1.51 bits per heavy atom. The predicted molar refractivity (Wildman–Crippen MR) is 119 cm³/mol. The van der Waals surface area contributed by atoms with Gasteiger partial charge in [0.05, 0.1) is 31.6 Å². The number of fused-ring (bicyclic) bond motifs is 1. The standard InChI is InChI=1S/C25H22F9NO4/c1-38-20-12-18-14(10-19(20)35-2-4-39-5-3-35)9-15(21(18)36)6-13-7-16(11-17(8-13)23(26,27)28)22(37,24(29,30)31)25(32,33)34/h7-8,10-12,15,37H,2-6,9H2,1H3. The first kappa shape index (κ1) is 29.0. The Morgan fingerprint density at radius 3 is 2.05 bits per heavy atom. The fraction of sp³-hybridized carbons (Fsp3) is 0.480. The summed E-state index contributed by atoms with van der Waals surface area (Å²) in [5.74, 6) is -1.25. The van der Waals surface area contributed by atoms with Gasteiger partial charge in [-0.05, 0) is 48.2 Å². The number of methoxy groups -OCH3 is 1. The molecular formula is C25H22F9NO4. The van der Waals surface area contributed by atoms with Crippen molar-refractivity contribution in [3.05, 3.63) is 58.1 Å². The molecule has 1 atom stereocenters. The number of aliphatic hydroxyl groups is 1. The van der Waals surface area contributed by atoms with Gasteiger partial charge < -0.3 is 19.5 Å². The van der Waals surface area contributed by atoms with Crippen LogP contribution in [0.1, 0.15) is 32.6 Å². The number of Topliss-reactive ketones (excluding diaryl/α,β-unsaturated/α-hetero) is 1. The maximum atomic E-state index is 13.5. The number of carbonyl (C=O) groups is 1. The van der Waals surface area contributed by atoms with Crippen LogP contribution in [-0.2, 0) is 29.4 Å². The van der Waals surface area contributed by atoms with Crippen molar-refractivity contribution in [2.75, 3.05) is 38.3 Å². The van der Waals surface area contributed by atoms with Crippen LogP contribution in [0.2, 0.25) is 0 Å². The van der Waals surface area contributed by atoms with Crippen LogP contribution in [0.3, 0.4) is 0 Å². The van der Waals surface area contributed by atoms with Crippen molar-refractivity contribution in [2.45, 2.75) is 37.0 Å². The van der Waals surface area contributed by atoms with Crippen molar-refractivity contribution >= 4 is 11.5 Å². The molecule has 0 radical (unpaired) electrons. The highest BCUT2D eigenvalue weighted by Gasteiger charge is 2.71. The summed E-state index contributed by atoms with van der Waals surface area (Å²) in [5.41, 5.74) is -8.66. The molecule has 5 nitrogen and oxygen atoms in total. The third-order valence-electron chi connectivity index (χ3n) is 6.90. The molecule has 0 amide bonds. The molecule has 214 valence electrons. The number of ether oxygens (including phenoxy) is 2. The van der Waals surface area contributed by atoms with Gasteiger partial charge in [-0.25, -0.2) is 0 Å². The van der Waals surface area contributed by atoms with E-state index in [1.54, 1.807) is 6.07 Å². The molecule has 0 aromatic heterocycles. The largest absolute Gasteiger partial charge is 0.495 e. The molecule has 1 fully saturated rings. The maximum Gasteiger partial charge on any atom is 0.430 e. The number of hydrogen-bond acceptors (Lipinski definition) is 5. The number of ketones is 1. The molecule has 1 heterocycles. The van der Waals surface area contributed by atoms with Crippen molar-refractivity contribution in [3.63, 3.8) is 0 Å². The van der Waals surface area contributed by atoms with Gasteiger partial charge in [0.15, 0.2) is 5.78 Å². The van der Waals surface area contributed by atoms with Crippen molar-refractivity contribution in [2.24, 2.45) is 5.92 Å². The van der Waals surface area contributed by atoms with Crippen LogP contribution in [0.4, 0.5) is 45.2 Å². The van der Waals surface area contributed by atoms with E-state index in [0.717, 1.165) is 0 Å². The monoisotopic (exact) mass is 571 g/mol. The highest BCUT2D eigenvalue weighted by atomic mass is 19.4. The molecule has 2 aromatic carbocycles. The van der Waals surface area contributed by atoms with E-state index in [-0.39, 0.29) is 24.1 Å². The summed E-state index contributed by atoms with van der Waals surface area (Å²) in [6.07, 6.45) is -18.7. The summed E-state index contributed by atoms with van der Waals surface area (Å²) < 4.78 is 132. The van der Waals surface area contributed by atoms with Gasteiger partial charge in [0.25, 0.3) is 5.60 Å². The number of rotatable bonds is 5. The van der Waals surface area contributed by atoms with Crippen LogP contribution in [0.25, 0.3) is 0 Å². The van der Waals surface area contributed by atoms with Gasteiger partial charge in [0.2, 0.25) is 0 Å². The second-order valence-electron chi connectivity index (χ2n) is 9.37. The van der Waals surface area contributed by atoms with Crippen LogP contribution >= 0.6 is 0 Å². The van der Waals surface area contributed by atoms with Crippen LogP contribution in [0.5, 0.6) is 5.75 Å². The summed E-state index contributed by atoms with van der Waals surface area (Å²) in [7, 11) is 1.38. The van der Waals surface area contributed by atoms with Crippen LogP contribution < -0.4 is 9.64 Å². The van der Waals surface area contributed by atoms with Gasteiger partial charge in [0.1, 0.15) is 5.75 Å². The van der Waals surface area contributed by atoms with Gasteiger partial charge in [-0.2, -0.15) is 39.5 Å². The molecule has 2 aromatic rings. The van der Waals surface area contributed by atoms with Crippen molar-refractivity contribution in [3.8, 4) is 5.75 Å². The predicted octanol–water partition coefficient (Wildman–Crippen LogP) is 5.46. The molecule has 14 heteroatoms. The molecule has 1 N–H and O–H groups in total. The fourth-order valence-electron chi connectivity index (χ4n) is 4.92. The molecule has 1 saturated heterocycles. The first-order valence-corrected chi connectivity index (χ1v) is 11.6. The normalized spacial score (nSPS) is 18.9. The van der Waals surface area contributed by atoms with Gasteiger partial charge in [0, 0.05) is 30.1 Å². The van der Waals surface area contributed by atoms with Crippen LogP contribution in [0.15, 0.2) is 30.3 Å². The lowest BCUT2D eigenvalue weighted by molar-refractivity contribution is -0.376. The molecule has 1 aliphatic heterocycles. The van der Waals surface area contributed by atoms with E-state index in [4.69, 9.17) is 9.47 Å². The second-order valence-corrected chi connectivity index (χ2v) is 9.37. The lowest BCUT2D eigenvalue weighted by Crippen LogP contribution is -2.54. The zero-order chi connectivity index (χ0) is 29.0. The number of carbonyl (C=O) groups excluding carboxylic acids is 1. The Labute approximate surface area is 216 Å². The van der Waals surface area contributed by atoms with E-state index >= 15 is 0 Å². The zero-order valence-electron chi connectivity index (χ0n) is 20.2. The Bertz CT molecular complexity index is 1230. The minimum Gasteiger partial charge on any atom is -0.495 e. The van der Waals surface area contributed by atoms with E-state index in [9.17, 15) is 49.4 Å². The van der Waals surface area contributed by atoms with E-state index < -0.39 is 58.9 Å². The Hall–Kier alpha value is -3.00. The minimum atomic E-state index is -6.38.